The number of anilines is 2. The van der Waals surface area contributed by atoms with Crippen molar-refractivity contribution in [2.75, 3.05) is 44.1 Å². The molecule has 1 saturated heterocycles. The van der Waals surface area contributed by atoms with Gasteiger partial charge in [0, 0.05) is 75.3 Å². The first-order chi connectivity index (χ1) is 16.9. The van der Waals surface area contributed by atoms with Gasteiger partial charge in [-0.2, -0.15) is 0 Å². The predicted molar refractivity (Wildman–Crippen MR) is 141 cm³/mol. The number of ether oxygens (including phenoxy) is 2. The zero-order valence-corrected chi connectivity index (χ0v) is 21.5. The van der Waals surface area contributed by atoms with Gasteiger partial charge in [-0.25, -0.2) is 9.37 Å². The highest BCUT2D eigenvalue weighted by atomic mass is 35.5. The number of hydrogen-bond donors (Lipinski definition) is 3. The van der Waals surface area contributed by atoms with E-state index in [4.69, 9.17) is 21.1 Å². The second kappa shape index (κ2) is 12.3. The molecule has 2 heterocycles. The van der Waals surface area contributed by atoms with Gasteiger partial charge in [0.15, 0.2) is 0 Å². The third-order valence-electron chi connectivity index (χ3n) is 7.04. The van der Waals surface area contributed by atoms with Crippen LogP contribution in [0.3, 0.4) is 0 Å². The molecule has 2 aromatic rings. The SMILES string of the molecule is COC[C@@H](C)NC1CCC(Nc2cc(-c3cccc(NCC4(F)CCOCC4)c3)c(Cl)cn2)CC1. The number of halogens is 2. The molecule has 8 heteroatoms. The number of nitrogens with one attached hydrogen (secondary N) is 3. The number of nitrogens with zero attached hydrogens (tertiary/aromatic N) is 1. The topological polar surface area (TPSA) is 67.4 Å². The first kappa shape index (κ1) is 26.1. The summed E-state index contributed by atoms with van der Waals surface area (Å²) in [6, 6.07) is 11.3. The molecule has 0 unspecified atom stereocenters. The Labute approximate surface area is 213 Å². The molecule has 1 saturated carbocycles. The van der Waals surface area contributed by atoms with Crippen molar-refractivity contribution in [2.45, 2.75) is 69.2 Å². The van der Waals surface area contributed by atoms with Crippen molar-refractivity contribution < 1.29 is 13.9 Å². The van der Waals surface area contributed by atoms with Crippen LogP contribution in [0.2, 0.25) is 5.02 Å². The highest BCUT2D eigenvalue weighted by Gasteiger charge is 2.32. The van der Waals surface area contributed by atoms with Crippen molar-refractivity contribution in [1.29, 1.82) is 0 Å². The average Bonchev–Trinajstić information content (AvgIpc) is 2.86. The fourth-order valence-electron chi connectivity index (χ4n) is 5.02. The van der Waals surface area contributed by atoms with Gasteiger partial charge < -0.3 is 25.4 Å². The largest absolute Gasteiger partial charge is 0.383 e. The van der Waals surface area contributed by atoms with Crippen LogP contribution in [0.5, 0.6) is 0 Å². The average molecular weight is 505 g/mol. The Morgan fingerprint density at radius 1 is 1.17 bits per heavy atom. The lowest BCUT2D eigenvalue weighted by Gasteiger charge is -2.32. The van der Waals surface area contributed by atoms with Crippen molar-refractivity contribution in [3.05, 3.63) is 41.6 Å². The van der Waals surface area contributed by atoms with Crippen LogP contribution in [0.1, 0.15) is 45.4 Å². The normalized spacial score (nSPS) is 23.0. The standard InChI is InChI=1S/C27H38ClFN4O2/c1-19(17-34-2)32-21-6-8-22(9-7-21)33-26-15-24(25(28)16-30-26)20-4-3-5-23(14-20)31-18-27(29)10-12-35-13-11-27/h3-5,14-16,19,21-22,31-32H,6-13,17-18H2,1-2H3,(H,30,33)/t19-,21?,22?/m1/s1. The van der Waals surface area contributed by atoms with Crippen LogP contribution in [-0.2, 0) is 9.47 Å². The van der Waals surface area contributed by atoms with E-state index in [0.717, 1.165) is 54.9 Å². The second-order valence-corrected chi connectivity index (χ2v) is 10.4. The van der Waals surface area contributed by atoms with E-state index in [0.29, 0.717) is 49.2 Å². The molecule has 0 amide bonds. The number of hydrogen-bond acceptors (Lipinski definition) is 6. The Bertz CT molecular complexity index is 949. The minimum absolute atomic E-state index is 0.276. The maximum atomic E-state index is 15.0. The molecule has 35 heavy (non-hydrogen) atoms. The Hall–Kier alpha value is -1.93. The summed E-state index contributed by atoms with van der Waals surface area (Å²) in [4.78, 5) is 4.53. The molecule has 1 aliphatic heterocycles. The van der Waals surface area contributed by atoms with Gasteiger partial charge in [-0.3, -0.25) is 0 Å². The molecule has 1 aromatic carbocycles. The first-order valence-electron chi connectivity index (χ1n) is 12.7. The lowest BCUT2D eigenvalue weighted by atomic mass is 9.90. The summed E-state index contributed by atoms with van der Waals surface area (Å²) in [5.74, 6) is 0.830. The quantitative estimate of drug-likeness (QED) is 0.387. The summed E-state index contributed by atoms with van der Waals surface area (Å²) in [5, 5.41) is 11.1. The van der Waals surface area contributed by atoms with E-state index in [1.54, 1.807) is 13.3 Å². The van der Waals surface area contributed by atoms with Gasteiger partial charge in [0.1, 0.15) is 11.5 Å². The van der Waals surface area contributed by atoms with Crippen molar-refractivity contribution in [2.24, 2.45) is 0 Å². The van der Waals surface area contributed by atoms with Crippen LogP contribution < -0.4 is 16.0 Å². The summed E-state index contributed by atoms with van der Waals surface area (Å²) >= 11 is 6.54. The van der Waals surface area contributed by atoms with Gasteiger partial charge in [-0.1, -0.05) is 23.7 Å². The molecule has 1 aliphatic carbocycles. The zero-order chi connectivity index (χ0) is 24.7. The molecule has 0 radical (unpaired) electrons. The molecule has 192 valence electrons. The molecule has 1 atom stereocenters. The van der Waals surface area contributed by atoms with E-state index in [1.807, 2.05) is 30.3 Å². The molecule has 4 rings (SSSR count). The zero-order valence-electron chi connectivity index (χ0n) is 20.8. The van der Waals surface area contributed by atoms with E-state index in [2.05, 4.69) is 27.9 Å². The van der Waals surface area contributed by atoms with Gasteiger partial charge in [0.2, 0.25) is 0 Å². The van der Waals surface area contributed by atoms with Crippen LogP contribution in [0.4, 0.5) is 15.9 Å². The van der Waals surface area contributed by atoms with Crippen LogP contribution in [0, 0.1) is 0 Å². The smallest absolute Gasteiger partial charge is 0.132 e. The van der Waals surface area contributed by atoms with Crippen molar-refractivity contribution in [1.82, 2.24) is 10.3 Å². The minimum Gasteiger partial charge on any atom is -0.383 e. The minimum atomic E-state index is -1.23. The number of methoxy groups -OCH3 is 1. The van der Waals surface area contributed by atoms with Gasteiger partial charge in [0.25, 0.3) is 0 Å². The molecule has 6 nitrogen and oxygen atoms in total. The Morgan fingerprint density at radius 3 is 2.66 bits per heavy atom. The molecular weight excluding hydrogens is 467 g/mol. The number of rotatable bonds is 10. The molecule has 1 aromatic heterocycles. The molecule has 3 N–H and O–H groups in total. The van der Waals surface area contributed by atoms with Crippen molar-refractivity contribution >= 4 is 23.1 Å². The monoisotopic (exact) mass is 504 g/mol. The molecule has 0 spiro atoms. The molecule has 2 fully saturated rings. The van der Waals surface area contributed by atoms with Crippen LogP contribution in [-0.4, -0.2) is 62.3 Å². The fraction of sp³-hybridized carbons (Fsp3) is 0.593. The number of alkyl halides is 1. The maximum Gasteiger partial charge on any atom is 0.132 e. The molecule has 2 aliphatic rings. The molecule has 0 bridgehead atoms. The second-order valence-electron chi connectivity index (χ2n) is 9.96. The number of aromatic nitrogens is 1. The van der Waals surface area contributed by atoms with Gasteiger partial charge >= 0.3 is 0 Å². The lowest BCUT2D eigenvalue weighted by Crippen LogP contribution is -2.42. The summed E-state index contributed by atoms with van der Waals surface area (Å²) < 4.78 is 25.5. The Morgan fingerprint density at radius 2 is 1.91 bits per heavy atom. The fourth-order valence-corrected chi connectivity index (χ4v) is 5.24. The predicted octanol–water partition coefficient (Wildman–Crippen LogP) is 5.68. The number of benzene rings is 1. The Kier molecular flexibility index (Phi) is 9.22. The lowest BCUT2D eigenvalue weighted by molar-refractivity contribution is -0.00115. The highest BCUT2D eigenvalue weighted by Crippen LogP contribution is 2.33. The van der Waals surface area contributed by atoms with E-state index in [-0.39, 0.29) is 6.54 Å². The van der Waals surface area contributed by atoms with Crippen LogP contribution in [0.25, 0.3) is 11.1 Å². The van der Waals surface area contributed by atoms with E-state index in [1.165, 1.54) is 0 Å². The van der Waals surface area contributed by atoms with E-state index >= 15 is 0 Å². The van der Waals surface area contributed by atoms with Crippen LogP contribution >= 0.6 is 11.6 Å². The van der Waals surface area contributed by atoms with Gasteiger partial charge in [0.05, 0.1) is 11.6 Å². The highest BCUT2D eigenvalue weighted by molar-refractivity contribution is 6.33. The summed E-state index contributed by atoms with van der Waals surface area (Å²) in [6.07, 6.45) is 6.99. The summed E-state index contributed by atoms with van der Waals surface area (Å²) in [5.41, 5.74) is 1.54. The maximum absolute atomic E-state index is 15.0. The van der Waals surface area contributed by atoms with Gasteiger partial charge in [-0.15, -0.1) is 0 Å². The Balaban J connectivity index is 1.36. The van der Waals surface area contributed by atoms with E-state index < -0.39 is 5.67 Å². The van der Waals surface area contributed by atoms with Crippen molar-refractivity contribution in [3.8, 4) is 11.1 Å². The third-order valence-corrected chi connectivity index (χ3v) is 7.34. The third kappa shape index (κ3) is 7.53. The number of pyridine rings is 1. The summed E-state index contributed by atoms with van der Waals surface area (Å²) in [7, 11) is 1.74. The van der Waals surface area contributed by atoms with E-state index in [9.17, 15) is 4.39 Å². The first-order valence-corrected chi connectivity index (χ1v) is 13.1. The van der Waals surface area contributed by atoms with Crippen LogP contribution in [0.15, 0.2) is 36.5 Å². The van der Waals surface area contributed by atoms with Gasteiger partial charge in [-0.05, 0) is 56.4 Å². The summed E-state index contributed by atoms with van der Waals surface area (Å²) in [6.45, 7) is 4.13. The molecular formula is C27H38ClFN4O2. The van der Waals surface area contributed by atoms with Crippen molar-refractivity contribution in [3.63, 3.8) is 0 Å².